The Morgan fingerprint density at radius 3 is 3.14 bits per heavy atom. The fourth-order valence-electron chi connectivity index (χ4n) is 2.00. The van der Waals surface area contributed by atoms with Crippen molar-refractivity contribution in [3.63, 3.8) is 0 Å². The Balaban J connectivity index is 1.74. The molecule has 2 aromatic rings. The highest BCUT2D eigenvalue weighted by atomic mass is 32.2. The fraction of sp³-hybridized carbons (Fsp3) is 0.333. The van der Waals surface area contributed by atoms with Crippen molar-refractivity contribution in [1.82, 2.24) is 15.2 Å². The average Bonchev–Trinajstić information content (AvgIpc) is 3.16. The third-order valence-corrected chi connectivity index (χ3v) is 4.16. The van der Waals surface area contributed by atoms with Crippen LogP contribution in [0.1, 0.15) is 25.0 Å². The zero-order valence-corrected chi connectivity index (χ0v) is 12.9. The molecule has 3 heterocycles. The summed E-state index contributed by atoms with van der Waals surface area (Å²) in [6.07, 6.45) is 7.93. The van der Waals surface area contributed by atoms with Crippen molar-refractivity contribution in [3.8, 4) is 0 Å². The third kappa shape index (κ3) is 3.46. The standard InChI is InChI=1S/C15H18N4OS/c1-11(2)20-9-12-3-4-16-15(5-12)19-8-14(21-10-19)13-6-17-18-7-13/h3-8,11H,9-10H2,1-2H3,(H,17,18). The summed E-state index contributed by atoms with van der Waals surface area (Å²) in [6, 6.07) is 4.08. The molecule has 0 bridgehead atoms. The number of anilines is 1. The first-order valence-electron chi connectivity index (χ1n) is 6.89. The van der Waals surface area contributed by atoms with Crippen LogP contribution in [0.25, 0.3) is 4.91 Å². The molecule has 0 unspecified atom stereocenters. The lowest BCUT2D eigenvalue weighted by Crippen LogP contribution is -2.13. The van der Waals surface area contributed by atoms with Crippen LogP contribution >= 0.6 is 11.8 Å². The highest BCUT2D eigenvalue weighted by Crippen LogP contribution is 2.35. The first kappa shape index (κ1) is 14.2. The lowest BCUT2D eigenvalue weighted by atomic mass is 10.2. The van der Waals surface area contributed by atoms with E-state index < -0.39 is 0 Å². The highest BCUT2D eigenvalue weighted by Gasteiger charge is 2.17. The van der Waals surface area contributed by atoms with Crippen molar-refractivity contribution in [2.45, 2.75) is 26.6 Å². The van der Waals surface area contributed by atoms with E-state index >= 15 is 0 Å². The van der Waals surface area contributed by atoms with Gasteiger partial charge in [-0.25, -0.2) is 4.98 Å². The second-order valence-corrected chi connectivity index (χ2v) is 6.09. The zero-order valence-electron chi connectivity index (χ0n) is 12.1. The Morgan fingerprint density at radius 1 is 1.48 bits per heavy atom. The van der Waals surface area contributed by atoms with E-state index in [1.165, 1.54) is 4.91 Å². The van der Waals surface area contributed by atoms with Gasteiger partial charge in [-0.2, -0.15) is 5.10 Å². The molecule has 0 atom stereocenters. The molecule has 1 aliphatic rings. The minimum absolute atomic E-state index is 0.233. The molecule has 0 fully saturated rings. The van der Waals surface area contributed by atoms with Gasteiger partial charge in [0, 0.05) is 29.1 Å². The summed E-state index contributed by atoms with van der Waals surface area (Å²) >= 11 is 1.78. The molecule has 1 N–H and O–H groups in total. The maximum Gasteiger partial charge on any atom is 0.133 e. The predicted octanol–water partition coefficient (Wildman–Crippen LogP) is 3.24. The number of hydrogen-bond acceptors (Lipinski definition) is 5. The van der Waals surface area contributed by atoms with E-state index in [-0.39, 0.29) is 6.10 Å². The molecule has 110 valence electrons. The lowest BCUT2D eigenvalue weighted by Gasteiger charge is -2.14. The molecule has 0 amide bonds. The number of pyridine rings is 1. The first-order chi connectivity index (χ1) is 10.2. The minimum Gasteiger partial charge on any atom is -0.374 e. The van der Waals surface area contributed by atoms with E-state index in [0.717, 1.165) is 22.8 Å². The van der Waals surface area contributed by atoms with Crippen molar-refractivity contribution in [2.75, 3.05) is 10.8 Å². The summed E-state index contributed by atoms with van der Waals surface area (Å²) in [5.41, 5.74) is 2.26. The van der Waals surface area contributed by atoms with Crippen LogP contribution in [-0.4, -0.2) is 27.2 Å². The van der Waals surface area contributed by atoms with E-state index in [2.05, 4.69) is 32.3 Å². The number of aromatic amines is 1. The van der Waals surface area contributed by atoms with E-state index in [0.29, 0.717) is 6.61 Å². The molecule has 0 radical (unpaired) electrons. The molecule has 0 spiro atoms. The molecule has 5 nitrogen and oxygen atoms in total. The molecule has 0 aliphatic carbocycles. The number of hydrogen-bond donors (Lipinski definition) is 1. The topological polar surface area (TPSA) is 54.0 Å². The van der Waals surface area contributed by atoms with Gasteiger partial charge in [-0.15, -0.1) is 11.8 Å². The average molecular weight is 302 g/mol. The predicted molar refractivity (Wildman–Crippen MR) is 85.7 cm³/mol. The Kier molecular flexibility index (Phi) is 4.26. The molecule has 1 aliphatic heterocycles. The van der Waals surface area contributed by atoms with Gasteiger partial charge in [0.15, 0.2) is 0 Å². The number of H-pyrrole nitrogens is 1. The maximum absolute atomic E-state index is 5.65. The second-order valence-electron chi connectivity index (χ2n) is 5.11. The van der Waals surface area contributed by atoms with Crippen LogP contribution in [-0.2, 0) is 11.3 Å². The monoisotopic (exact) mass is 302 g/mol. The van der Waals surface area contributed by atoms with Gasteiger partial charge in [0.2, 0.25) is 0 Å². The highest BCUT2D eigenvalue weighted by molar-refractivity contribution is 8.08. The zero-order chi connectivity index (χ0) is 14.7. The Morgan fingerprint density at radius 2 is 2.38 bits per heavy atom. The summed E-state index contributed by atoms with van der Waals surface area (Å²) in [5.74, 6) is 1.81. The molecule has 0 saturated heterocycles. The summed E-state index contributed by atoms with van der Waals surface area (Å²) in [4.78, 5) is 7.80. The second kappa shape index (κ2) is 6.32. The van der Waals surface area contributed by atoms with E-state index in [1.807, 2.05) is 38.5 Å². The molecular weight excluding hydrogens is 284 g/mol. The molecule has 0 saturated carbocycles. The van der Waals surface area contributed by atoms with Gasteiger partial charge in [-0.3, -0.25) is 5.10 Å². The van der Waals surface area contributed by atoms with Gasteiger partial charge in [0.1, 0.15) is 5.82 Å². The van der Waals surface area contributed by atoms with Crippen LogP contribution in [0.4, 0.5) is 5.82 Å². The maximum atomic E-state index is 5.65. The van der Waals surface area contributed by atoms with Gasteiger partial charge in [0.05, 0.1) is 24.8 Å². The summed E-state index contributed by atoms with van der Waals surface area (Å²) in [7, 11) is 0. The first-order valence-corrected chi connectivity index (χ1v) is 7.88. The number of rotatable bonds is 5. The molecule has 21 heavy (non-hydrogen) atoms. The number of nitrogens with zero attached hydrogens (tertiary/aromatic N) is 3. The van der Waals surface area contributed by atoms with Crippen LogP contribution in [0.3, 0.4) is 0 Å². The smallest absolute Gasteiger partial charge is 0.133 e. The van der Waals surface area contributed by atoms with Gasteiger partial charge >= 0.3 is 0 Å². The third-order valence-electron chi connectivity index (χ3n) is 3.10. The van der Waals surface area contributed by atoms with E-state index in [1.54, 1.807) is 11.8 Å². The Hall–Kier alpha value is -1.79. The SMILES string of the molecule is CC(C)OCc1ccnc(N2C=C(c3cn[nH]c3)SC2)c1. The Bertz CT molecular complexity index is 624. The van der Waals surface area contributed by atoms with Crippen LogP contribution in [0.15, 0.2) is 36.9 Å². The Labute approximate surface area is 128 Å². The molecule has 2 aromatic heterocycles. The quantitative estimate of drug-likeness (QED) is 0.919. The summed E-state index contributed by atoms with van der Waals surface area (Å²) < 4.78 is 5.65. The molecule has 0 aromatic carbocycles. The summed E-state index contributed by atoms with van der Waals surface area (Å²) in [6.45, 7) is 4.70. The number of ether oxygens (including phenoxy) is 1. The van der Waals surface area contributed by atoms with Crippen molar-refractivity contribution in [2.24, 2.45) is 0 Å². The molecular formula is C15H18N4OS. The van der Waals surface area contributed by atoms with Gasteiger partial charge in [0.25, 0.3) is 0 Å². The van der Waals surface area contributed by atoms with Crippen molar-refractivity contribution in [3.05, 3.63) is 48.1 Å². The summed E-state index contributed by atoms with van der Waals surface area (Å²) in [5, 5.41) is 6.83. The van der Waals surface area contributed by atoms with Crippen molar-refractivity contribution < 1.29 is 4.74 Å². The fourth-order valence-corrected chi connectivity index (χ4v) is 2.97. The lowest BCUT2D eigenvalue weighted by molar-refractivity contribution is 0.0657. The number of nitrogens with one attached hydrogen (secondary N) is 1. The molecule has 3 rings (SSSR count). The number of aromatic nitrogens is 3. The van der Waals surface area contributed by atoms with Crippen molar-refractivity contribution in [1.29, 1.82) is 0 Å². The van der Waals surface area contributed by atoms with Gasteiger partial charge in [-0.05, 0) is 31.5 Å². The van der Waals surface area contributed by atoms with Crippen LogP contribution in [0, 0.1) is 0 Å². The largest absolute Gasteiger partial charge is 0.374 e. The van der Waals surface area contributed by atoms with E-state index in [9.17, 15) is 0 Å². The van der Waals surface area contributed by atoms with Crippen LogP contribution in [0.5, 0.6) is 0 Å². The van der Waals surface area contributed by atoms with Crippen molar-refractivity contribution >= 4 is 22.5 Å². The van der Waals surface area contributed by atoms with E-state index in [4.69, 9.17) is 4.74 Å². The van der Waals surface area contributed by atoms with Crippen LogP contribution in [0.2, 0.25) is 0 Å². The minimum atomic E-state index is 0.233. The van der Waals surface area contributed by atoms with Crippen LogP contribution < -0.4 is 4.90 Å². The number of thioether (sulfide) groups is 1. The molecule has 6 heteroatoms. The van der Waals surface area contributed by atoms with Gasteiger partial charge < -0.3 is 9.64 Å². The van der Waals surface area contributed by atoms with Gasteiger partial charge in [-0.1, -0.05) is 0 Å². The normalized spacial score (nSPS) is 14.8.